The number of rotatable bonds is 9. The van der Waals surface area contributed by atoms with Crippen LogP contribution in [-0.2, 0) is 9.59 Å². The Kier molecular flexibility index (Phi) is 12.9. The third kappa shape index (κ3) is 11.1. The van der Waals surface area contributed by atoms with Gasteiger partial charge in [-0.15, -0.1) is 12.4 Å². The monoisotopic (exact) mass is 307 g/mol. The summed E-state index contributed by atoms with van der Waals surface area (Å²) in [6, 6.07) is 0. The summed E-state index contributed by atoms with van der Waals surface area (Å²) in [5, 5.41) is 2.53. The van der Waals surface area contributed by atoms with Crippen molar-refractivity contribution in [2.45, 2.75) is 40.5 Å². The molecule has 0 radical (unpaired) electrons. The van der Waals surface area contributed by atoms with Crippen molar-refractivity contribution >= 4 is 24.2 Å². The summed E-state index contributed by atoms with van der Waals surface area (Å²) in [5.41, 5.74) is 5.19. The lowest BCUT2D eigenvalue weighted by Gasteiger charge is -2.24. The molecule has 0 aromatic heterocycles. The zero-order valence-electron chi connectivity index (χ0n) is 13.1. The van der Waals surface area contributed by atoms with Crippen LogP contribution in [0.25, 0.3) is 0 Å². The second-order valence-electron chi connectivity index (χ2n) is 5.73. The summed E-state index contributed by atoms with van der Waals surface area (Å²) in [6.07, 6.45) is 1.96. The average molecular weight is 308 g/mol. The van der Waals surface area contributed by atoms with E-state index in [0.717, 1.165) is 25.9 Å². The predicted octanol–water partition coefficient (Wildman–Crippen LogP) is 1.40. The lowest BCUT2D eigenvalue weighted by Crippen LogP contribution is -2.43. The van der Waals surface area contributed by atoms with Crippen molar-refractivity contribution in [3.8, 4) is 0 Å². The molecule has 0 unspecified atom stereocenters. The zero-order chi connectivity index (χ0) is 14.8. The molecule has 0 aliphatic rings. The fourth-order valence-electron chi connectivity index (χ4n) is 1.55. The second-order valence-corrected chi connectivity index (χ2v) is 5.73. The van der Waals surface area contributed by atoms with E-state index in [1.54, 1.807) is 0 Å². The van der Waals surface area contributed by atoms with Gasteiger partial charge >= 0.3 is 0 Å². The van der Waals surface area contributed by atoms with E-state index in [1.807, 2.05) is 4.90 Å². The Morgan fingerprint density at radius 2 is 1.50 bits per heavy atom. The number of nitrogens with zero attached hydrogens (tertiary/aromatic N) is 1. The Bertz CT molecular complexity index is 272. The van der Waals surface area contributed by atoms with Gasteiger partial charge in [0.15, 0.2) is 0 Å². The smallest absolute Gasteiger partial charge is 0.241 e. The van der Waals surface area contributed by atoms with Crippen molar-refractivity contribution in [2.24, 2.45) is 17.6 Å². The molecule has 0 heterocycles. The van der Waals surface area contributed by atoms with Crippen LogP contribution in [-0.4, -0.2) is 42.9 Å². The average Bonchev–Trinajstić information content (AvgIpc) is 2.34. The first-order valence-corrected chi connectivity index (χ1v) is 7.11. The van der Waals surface area contributed by atoms with Crippen molar-refractivity contribution in [3.63, 3.8) is 0 Å². The fourth-order valence-corrected chi connectivity index (χ4v) is 1.55. The summed E-state index contributed by atoms with van der Waals surface area (Å²) in [7, 11) is 0. The minimum absolute atomic E-state index is 0. The number of hydrogen-bond donors (Lipinski definition) is 2. The quantitative estimate of drug-likeness (QED) is 0.676. The molecule has 0 bridgehead atoms. The zero-order valence-corrected chi connectivity index (χ0v) is 14.0. The van der Waals surface area contributed by atoms with Crippen LogP contribution < -0.4 is 11.1 Å². The van der Waals surface area contributed by atoms with Gasteiger partial charge in [-0.3, -0.25) is 9.59 Å². The molecule has 0 aliphatic carbocycles. The summed E-state index contributed by atoms with van der Waals surface area (Å²) in [5.74, 6) is 0.810. The topological polar surface area (TPSA) is 75.4 Å². The van der Waals surface area contributed by atoms with Gasteiger partial charge in [0.2, 0.25) is 11.8 Å². The molecule has 120 valence electrons. The minimum atomic E-state index is -0.291. The largest absolute Gasteiger partial charge is 0.346 e. The highest BCUT2D eigenvalue weighted by atomic mass is 35.5. The van der Waals surface area contributed by atoms with Crippen LogP contribution in [0.1, 0.15) is 40.5 Å². The number of carbonyl (C=O) groups is 2. The highest BCUT2D eigenvalue weighted by molar-refractivity contribution is 5.85. The third-order valence-electron chi connectivity index (χ3n) is 2.93. The first-order valence-electron chi connectivity index (χ1n) is 7.11. The Balaban J connectivity index is 0. The second kappa shape index (κ2) is 12.0. The molecule has 0 aromatic rings. The van der Waals surface area contributed by atoms with Gasteiger partial charge in [-0.1, -0.05) is 27.7 Å². The first kappa shape index (κ1) is 21.5. The van der Waals surface area contributed by atoms with Crippen LogP contribution in [0, 0.1) is 11.8 Å². The lowest BCUT2D eigenvalue weighted by atomic mass is 10.1. The Labute approximate surface area is 129 Å². The highest BCUT2D eigenvalue weighted by Gasteiger charge is 2.14. The van der Waals surface area contributed by atoms with E-state index < -0.39 is 0 Å². The van der Waals surface area contributed by atoms with Gasteiger partial charge in [0.1, 0.15) is 0 Å². The molecule has 20 heavy (non-hydrogen) atoms. The molecule has 5 nitrogen and oxygen atoms in total. The van der Waals surface area contributed by atoms with Crippen LogP contribution >= 0.6 is 12.4 Å². The number of carbonyl (C=O) groups excluding carboxylic acids is 2. The molecule has 0 saturated carbocycles. The van der Waals surface area contributed by atoms with E-state index in [-0.39, 0.29) is 37.3 Å². The molecular formula is C14H30ClN3O2. The van der Waals surface area contributed by atoms with Gasteiger partial charge < -0.3 is 16.0 Å². The molecule has 0 fully saturated rings. The summed E-state index contributed by atoms with van der Waals surface area (Å²) in [4.78, 5) is 25.0. The highest BCUT2D eigenvalue weighted by Crippen LogP contribution is 2.06. The molecule has 2 amide bonds. The van der Waals surface area contributed by atoms with E-state index in [1.165, 1.54) is 0 Å². The molecule has 3 N–H and O–H groups in total. The van der Waals surface area contributed by atoms with Gasteiger partial charge in [0.25, 0.3) is 0 Å². The van der Waals surface area contributed by atoms with Crippen molar-refractivity contribution < 1.29 is 9.59 Å². The van der Waals surface area contributed by atoms with Crippen molar-refractivity contribution in [3.05, 3.63) is 0 Å². The third-order valence-corrected chi connectivity index (χ3v) is 2.93. The molecule has 6 heteroatoms. The minimum Gasteiger partial charge on any atom is -0.346 e. The lowest BCUT2D eigenvalue weighted by molar-refractivity contribution is -0.132. The van der Waals surface area contributed by atoms with Gasteiger partial charge in [0.05, 0.1) is 13.1 Å². The molecule has 0 spiro atoms. The fraction of sp³-hybridized carbons (Fsp3) is 0.857. The first-order chi connectivity index (χ1) is 8.86. The number of nitrogens with one attached hydrogen (secondary N) is 1. The number of nitrogens with two attached hydrogens (primary N) is 1. The molecular weight excluding hydrogens is 278 g/mol. The molecule has 0 atom stereocenters. The van der Waals surface area contributed by atoms with Gasteiger partial charge in [0, 0.05) is 13.1 Å². The maximum absolute atomic E-state index is 12.1. The van der Waals surface area contributed by atoms with Gasteiger partial charge in [-0.2, -0.15) is 0 Å². The summed E-state index contributed by atoms with van der Waals surface area (Å²) in [6.45, 7) is 10.0. The van der Waals surface area contributed by atoms with Crippen LogP contribution in [0.5, 0.6) is 0 Å². The number of hydrogen-bond acceptors (Lipinski definition) is 3. The van der Waals surface area contributed by atoms with Crippen molar-refractivity contribution in [1.82, 2.24) is 10.2 Å². The SMILES string of the molecule is CC(C)CCN(CCC(C)C)C(=O)CNC(=O)CN.Cl. The molecule has 0 aromatic carbocycles. The number of halogens is 1. The predicted molar refractivity (Wildman–Crippen MR) is 84.8 cm³/mol. The van der Waals surface area contributed by atoms with Crippen molar-refractivity contribution in [1.29, 1.82) is 0 Å². The van der Waals surface area contributed by atoms with Gasteiger partial charge in [-0.05, 0) is 24.7 Å². The van der Waals surface area contributed by atoms with Crippen LogP contribution in [0.3, 0.4) is 0 Å². The molecule has 0 rings (SSSR count). The molecule has 0 saturated heterocycles. The Morgan fingerprint density at radius 3 is 1.85 bits per heavy atom. The van der Waals surface area contributed by atoms with Crippen molar-refractivity contribution in [2.75, 3.05) is 26.2 Å². The Hall–Kier alpha value is -0.810. The van der Waals surface area contributed by atoms with E-state index in [9.17, 15) is 9.59 Å². The summed E-state index contributed by atoms with van der Waals surface area (Å²) >= 11 is 0. The van der Waals surface area contributed by atoms with Crippen LogP contribution in [0.2, 0.25) is 0 Å². The van der Waals surface area contributed by atoms with Crippen LogP contribution in [0.15, 0.2) is 0 Å². The standard InChI is InChI=1S/C14H29N3O2.ClH/c1-11(2)5-7-17(8-6-12(3)4)14(19)10-16-13(18)9-15;/h11-12H,5-10,15H2,1-4H3,(H,16,18);1H. The van der Waals surface area contributed by atoms with Crippen LogP contribution in [0.4, 0.5) is 0 Å². The maximum atomic E-state index is 12.1. The number of amides is 2. The van der Waals surface area contributed by atoms with E-state index in [4.69, 9.17) is 5.73 Å². The van der Waals surface area contributed by atoms with E-state index in [0.29, 0.717) is 11.8 Å². The normalized spacial score (nSPS) is 10.3. The van der Waals surface area contributed by atoms with E-state index in [2.05, 4.69) is 33.0 Å². The molecule has 0 aliphatic heterocycles. The Morgan fingerprint density at radius 1 is 1.05 bits per heavy atom. The van der Waals surface area contributed by atoms with E-state index >= 15 is 0 Å². The van der Waals surface area contributed by atoms with Gasteiger partial charge in [-0.25, -0.2) is 0 Å². The maximum Gasteiger partial charge on any atom is 0.241 e. The summed E-state index contributed by atoms with van der Waals surface area (Å²) < 4.78 is 0.